The lowest BCUT2D eigenvalue weighted by molar-refractivity contribution is -0.167. The van der Waals surface area contributed by atoms with Crippen molar-refractivity contribution >= 4 is 17.9 Å². The van der Waals surface area contributed by atoms with Crippen LogP contribution in [0.3, 0.4) is 0 Å². The van der Waals surface area contributed by atoms with Crippen LogP contribution >= 0.6 is 0 Å². The molecule has 1 atom stereocenters. The number of hydrogen-bond acceptors (Lipinski definition) is 6. The van der Waals surface area contributed by atoms with Crippen LogP contribution in [0.25, 0.3) is 0 Å². The summed E-state index contributed by atoms with van der Waals surface area (Å²) < 4.78 is 16.8. The maximum Gasteiger partial charge on any atom is 0.306 e. The van der Waals surface area contributed by atoms with Crippen molar-refractivity contribution in [1.82, 2.24) is 0 Å². The number of esters is 3. The van der Waals surface area contributed by atoms with Crippen molar-refractivity contribution in [2.45, 2.75) is 277 Å². The number of carbonyl (C=O) groups is 3. The van der Waals surface area contributed by atoms with Gasteiger partial charge in [0.2, 0.25) is 0 Å². The van der Waals surface area contributed by atoms with Crippen LogP contribution in [-0.4, -0.2) is 37.2 Å². The summed E-state index contributed by atoms with van der Waals surface area (Å²) in [5.41, 5.74) is 0. The molecule has 0 heterocycles. The second-order valence-electron chi connectivity index (χ2n) is 17.4. The standard InChI is InChI=1S/C54H98O6/c1-4-7-10-13-16-19-22-24-26-27-28-29-31-32-35-38-41-44-47-53(56)59-50-51(49-58-52(55)46-43-40-37-34-21-18-15-12-9-6-3)60-54(57)48-45-42-39-36-33-30-25-23-20-17-14-11-8-5-2/h14,17,23,25-27,51H,4-13,15-16,18-22,24,28-50H2,1-3H3/b17-14-,25-23-,27-26-. The van der Waals surface area contributed by atoms with Crippen LogP contribution in [-0.2, 0) is 28.6 Å². The Bertz CT molecular complexity index is 1020. The predicted octanol–water partition coefficient (Wildman–Crippen LogP) is 16.9. The molecule has 60 heavy (non-hydrogen) atoms. The summed E-state index contributed by atoms with van der Waals surface area (Å²) in [4.78, 5) is 37.9. The van der Waals surface area contributed by atoms with E-state index >= 15 is 0 Å². The molecule has 6 nitrogen and oxygen atoms in total. The minimum atomic E-state index is -0.776. The summed E-state index contributed by atoms with van der Waals surface area (Å²) in [6.07, 6.45) is 57.0. The molecule has 0 bridgehead atoms. The molecule has 0 saturated carbocycles. The van der Waals surface area contributed by atoms with Gasteiger partial charge in [-0.05, 0) is 70.6 Å². The molecule has 0 amide bonds. The van der Waals surface area contributed by atoms with Crippen molar-refractivity contribution in [3.05, 3.63) is 36.5 Å². The van der Waals surface area contributed by atoms with Crippen LogP contribution < -0.4 is 0 Å². The first-order valence-corrected chi connectivity index (χ1v) is 26.0. The Balaban J connectivity index is 4.33. The minimum Gasteiger partial charge on any atom is -0.462 e. The van der Waals surface area contributed by atoms with Gasteiger partial charge in [-0.2, -0.15) is 0 Å². The lowest BCUT2D eigenvalue weighted by atomic mass is 10.1. The smallest absolute Gasteiger partial charge is 0.306 e. The molecule has 0 aromatic heterocycles. The third-order valence-electron chi connectivity index (χ3n) is 11.4. The van der Waals surface area contributed by atoms with E-state index in [-0.39, 0.29) is 31.1 Å². The van der Waals surface area contributed by atoms with Crippen molar-refractivity contribution in [2.75, 3.05) is 13.2 Å². The van der Waals surface area contributed by atoms with Crippen molar-refractivity contribution < 1.29 is 28.6 Å². The van der Waals surface area contributed by atoms with Gasteiger partial charge < -0.3 is 14.2 Å². The van der Waals surface area contributed by atoms with Crippen LogP contribution in [0.2, 0.25) is 0 Å². The van der Waals surface area contributed by atoms with Crippen LogP contribution in [0, 0.1) is 0 Å². The van der Waals surface area contributed by atoms with E-state index in [1.54, 1.807) is 0 Å². The Morgan fingerprint density at radius 1 is 0.333 bits per heavy atom. The second kappa shape index (κ2) is 49.3. The fraction of sp³-hybridized carbons (Fsp3) is 0.833. The molecule has 0 N–H and O–H groups in total. The summed E-state index contributed by atoms with van der Waals surface area (Å²) in [5.74, 6) is -0.888. The van der Waals surface area contributed by atoms with Gasteiger partial charge in [0.25, 0.3) is 0 Å². The molecule has 6 heteroatoms. The normalized spacial score (nSPS) is 12.2. The Kier molecular flexibility index (Phi) is 47.3. The summed E-state index contributed by atoms with van der Waals surface area (Å²) in [6.45, 7) is 6.58. The maximum atomic E-state index is 12.8. The number of unbranched alkanes of at least 4 members (excludes halogenated alkanes) is 30. The molecule has 0 radical (unpaired) electrons. The van der Waals surface area contributed by atoms with Gasteiger partial charge in [-0.3, -0.25) is 14.4 Å². The highest BCUT2D eigenvalue weighted by atomic mass is 16.6. The van der Waals surface area contributed by atoms with Crippen LogP contribution in [0.1, 0.15) is 271 Å². The van der Waals surface area contributed by atoms with E-state index in [0.29, 0.717) is 19.3 Å². The molecule has 0 aliphatic heterocycles. The molecule has 350 valence electrons. The largest absolute Gasteiger partial charge is 0.462 e. The second-order valence-corrected chi connectivity index (χ2v) is 17.4. The fourth-order valence-corrected chi connectivity index (χ4v) is 7.39. The van der Waals surface area contributed by atoms with Gasteiger partial charge in [-0.25, -0.2) is 0 Å². The average Bonchev–Trinajstić information content (AvgIpc) is 3.24. The Morgan fingerprint density at radius 2 is 0.617 bits per heavy atom. The molecule has 0 fully saturated rings. The summed E-state index contributed by atoms with van der Waals surface area (Å²) in [7, 11) is 0. The SMILES string of the molecule is CCCC/C=C\C/C=C\CCCCCCCC(=O)OC(COC(=O)CCCCCCCCC/C=C\CCCCCCCCC)COC(=O)CCCCCCCCCCCC. The predicted molar refractivity (Wildman–Crippen MR) is 256 cm³/mol. The summed E-state index contributed by atoms with van der Waals surface area (Å²) in [6, 6.07) is 0. The number of ether oxygens (including phenoxy) is 3. The van der Waals surface area contributed by atoms with Gasteiger partial charge >= 0.3 is 17.9 Å². The first-order valence-electron chi connectivity index (χ1n) is 26.0. The molecule has 0 aliphatic carbocycles. The zero-order chi connectivity index (χ0) is 43.7. The molecule has 0 spiro atoms. The van der Waals surface area contributed by atoms with Gasteiger partial charge in [-0.15, -0.1) is 0 Å². The Morgan fingerprint density at radius 3 is 0.983 bits per heavy atom. The number of allylic oxidation sites excluding steroid dienone is 6. The van der Waals surface area contributed by atoms with Gasteiger partial charge in [0.15, 0.2) is 6.10 Å². The molecule has 1 unspecified atom stereocenters. The highest BCUT2D eigenvalue weighted by Gasteiger charge is 2.19. The number of hydrogen-bond donors (Lipinski definition) is 0. The third kappa shape index (κ3) is 46.7. The summed E-state index contributed by atoms with van der Waals surface area (Å²) in [5, 5.41) is 0. The van der Waals surface area contributed by atoms with Crippen LogP contribution in [0.5, 0.6) is 0 Å². The Labute approximate surface area is 372 Å². The number of rotatable bonds is 47. The van der Waals surface area contributed by atoms with Crippen molar-refractivity contribution in [3.63, 3.8) is 0 Å². The van der Waals surface area contributed by atoms with Gasteiger partial charge in [0, 0.05) is 19.3 Å². The van der Waals surface area contributed by atoms with Crippen molar-refractivity contribution in [1.29, 1.82) is 0 Å². The van der Waals surface area contributed by atoms with E-state index in [0.717, 1.165) is 83.5 Å². The first-order chi connectivity index (χ1) is 29.5. The highest BCUT2D eigenvalue weighted by Crippen LogP contribution is 2.15. The molecule has 0 aromatic rings. The van der Waals surface area contributed by atoms with Crippen molar-refractivity contribution in [3.8, 4) is 0 Å². The van der Waals surface area contributed by atoms with Crippen LogP contribution in [0.4, 0.5) is 0 Å². The van der Waals surface area contributed by atoms with E-state index in [1.807, 2.05) is 0 Å². The van der Waals surface area contributed by atoms with Gasteiger partial charge in [0.1, 0.15) is 13.2 Å². The molecule has 0 saturated heterocycles. The highest BCUT2D eigenvalue weighted by molar-refractivity contribution is 5.71. The quantitative estimate of drug-likeness (QED) is 0.0263. The zero-order valence-electron chi connectivity index (χ0n) is 40.0. The topological polar surface area (TPSA) is 78.9 Å². The minimum absolute atomic E-state index is 0.0767. The van der Waals surface area contributed by atoms with Gasteiger partial charge in [-0.1, -0.05) is 218 Å². The molecule has 0 rings (SSSR count). The average molecular weight is 843 g/mol. The van der Waals surface area contributed by atoms with E-state index in [9.17, 15) is 14.4 Å². The zero-order valence-corrected chi connectivity index (χ0v) is 40.0. The van der Waals surface area contributed by atoms with E-state index < -0.39 is 6.10 Å². The maximum absolute atomic E-state index is 12.8. The van der Waals surface area contributed by atoms with E-state index in [2.05, 4.69) is 57.2 Å². The van der Waals surface area contributed by atoms with Crippen molar-refractivity contribution in [2.24, 2.45) is 0 Å². The summed E-state index contributed by atoms with van der Waals surface area (Å²) >= 11 is 0. The van der Waals surface area contributed by atoms with Crippen LogP contribution in [0.15, 0.2) is 36.5 Å². The first kappa shape index (κ1) is 57.6. The third-order valence-corrected chi connectivity index (χ3v) is 11.4. The Hall–Kier alpha value is -2.37. The molecule has 0 aromatic carbocycles. The van der Waals surface area contributed by atoms with Gasteiger partial charge in [0.05, 0.1) is 0 Å². The van der Waals surface area contributed by atoms with E-state index in [1.165, 1.54) is 148 Å². The lowest BCUT2D eigenvalue weighted by Gasteiger charge is -2.18. The fourth-order valence-electron chi connectivity index (χ4n) is 7.39. The number of carbonyl (C=O) groups excluding carboxylic acids is 3. The molecular formula is C54H98O6. The molecule has 0 aliphatic rings. The molecular weight excluding hydrogens is 745 g/mol. The lowest BCUT2D eigenvalue weighted by Crippen LogP contribution is -2.30. The van der Waals surface area contributed by atoms with E-state index in [4.69, 9.17) is 14.2 Å². The monoisotopic (exact) mass is 843 g/mol.